The number of nitrogens with zero attached hydrogens (tertiary/aromatic N) is 2. The van der Waals surface area contributed by atoms with Gasteiger partial charge in [-0.15, -0.1) is 0 Å². The number of hydrogen-bond donors (Lipinski definition) is 0. The zero-order valence-electron chi connectivity index (χ0n) is 25.0. The molecule has 216 valence electrons. The van der Waals surface area contributed by atoms with E-state index in [0.29, 0.717) is 0 Å². The summed E-state index contributed by atoms with van der Waals surface area (Å²) in [5.74, 6) is 1.77. The SMILES string of the molecule is c1ccc(N(c2ccccc2)c2ccc3c(c2)C2(c4ccccc4O3)c3ccccc3-n3c4ccccc4c4cccc2c43)cc1. The number of benzene rings is 7. The lowest BCUT2D eigenvalue weighted by Gasteiger charge is -2.45. The maximum absolute atomic E-state index is 6.78. The molecule has 1 unspecified atom stereocenters. The van der Waals surface area contributed by atoms with Crippen LogP contribution in [0.1, 0.15) is 22.3 Å². The Morgan fingerprint density at radius 2 is 1.04 bits per heavy atom. The molecule has 2 aliphatic rings. The van der Waals surface area contributed by atoms with Crippen LogP contribution >= 0.6 is 0 Å². The highest BCUT2D eigenvalue weighted by Gasteiger charge is 2.50. The van der Waals surface area contributed by atoms with Crippen molar-refractivity contribution in [1.82, 2.24) is 4.57 Å². The van der Waals surface area contributed by atoms with Crippen molar-refractivity contribution >= 4 is 38.9 Å². The second-order valence-electron chi connectivity index (χ2n) is 12.1. The number of ether oxygens (including phenoxy) is 1. The Morgan fingerprint density at radius 3 is 1.85 bits per heavy atom. The smallest absolute Gasteiger partial charge is 0.132 e. The third-order valence-corrected chi connectivity index (χ3v) is 9.81. The maximum atomic E-state index is 6.78. The Labute approximate surface area is 267 Å². The summed E-state index contributed by atoms with van der Waals surface area (Å²) in [6.45, 7) is 0. The molecule has 3 heterocycles. The standard InChI is InChI=1S/C43H28N2O/c1-3-14-29(15-4-1)44(30-16-5-2-6-17-30)31-26-27-41-37(28-31)43(35-21-9-12-25-40(35)46-41)34-20-8-11-24-39(34)45-38-23-10-7-18-32(38)33-19-13-22-36(43)42(33)45/h1-28H. The van der Waals surface area contributed by atoms with Crippen LogP contribution in [0.4, 0.5) is 17.1 Å². The number of aromatic nitrogens is 1. The number of rotatable bonds is 3. The summed E-state index contributed by atoms with van der Waals surface area (Å²) < 4.78 is 9.26. The van der Waals surface area contributed by atoms with Gasteiger partial charge >= 0.3 is 0 Å². The molecule has 3 heteroatoms. The van der Waals surface area contributed by atoms with E-state index in [1.807, 2.05) is 0 Å². The normalized spacial score (nSPS) is 15.7. The molecular formula is C43H28N2O. The van der Waals surface area contributed by atoms with Crippen LogP contribution in [-0.4, -0.2) is 4.57 Å². The van der Waals surface area contributed by atoms with Crippen molar-refractivity contribution in [2.45, 2.75) is 5.41 Å². The fraction of sp³-hybridized carbons (Fsp3) is 0.0233. The highest BCUT2D eigenvalue weighted by molar-refractivity contribution is 6.12. The first-order valence-electron chi connectivity index (χ1n) is 15.8. The van der Waals surface area contributed by atoms with E-state index in [1.54, 1.807) is 0 Å². The molecule has 10 rings (SSSR count). The second kappa shape index (κ2) is 9.47. The van der Waals surface area contributed by atoms with Crippen molar-refractivity contribution in [1.29, 1.82) is 0 Å². The van der Waals surface area contributed by atoms with Gasteiger partial charge in [0, 0.05) is 39.0 Å². The Kier molecular flexibility index (Phi) is 5.20. The van der Waals surface area contributed by atoms with Gasteiger partial charge in [0.2, 0.25) is 0 Å². The molecule has 1 aromatic heterocycles. The van der Waals surface area contributed by atoms with Crippen LogP contribution in [0.3, 0.4) is 0 Å². The third-order valence-electron chi connectivity index (χ3n) is 9.81. The minimum Gasteiger partial charge on any atom is -0.457 e. The van der Waals surface area contributed by atoms with Crippen LogP contribution < -0.4 is 9.64 Å². The molecule has 0 saturated carbocycles. The van der Waals surface area contributed by atoms with E-state index >= 15 is 0 Å². The van der Waals surface area contributed by atoms with E-state index in [-0.39, 0.29) is 0 Å². The summed E-state index contributed by atoms with van der Waals surface area (Å²) in [4.78, 5) is 2.33. The minimum absolute atomic E-state index is 0.611. The molecule has 3 nitrogen and oxygen atoms in total. The summed E-state index contributed by atoms with van der Waals surface area (Å²) >= 11 is 0. The molecule has 8 aromatic rings. The molecule has 2 aliphatic heterocycles. The summed E-state index contributed by atoms with van der Waals surface area (Å²) in [6.07, 6.45) is 0. The van der Waals surface area contributed by atoms with Gasteiger partial charge in [0.1, 0.15) is 11.5 Å². The highest BCUT2D eigenvalue weighted by atomic mass is 16.5. The predicted molar refractivity (Wildman–Crippen MR) is 187 cm³/mol. The van der Waals surface area contributed by atoms with Gasteiger partial charge in [0.25, 0.3) is 0 Å². The van der Waals surface area contributed by atoms with Gasteiger partial charge in [0.15, 0.2) is 0 Å². The second-order valence-corrected chi connectivity index (χ2v) is 12.1. The van der Waals surface area contributed by atoms with E-state index in [4.69, 9.17) is 4.74 Å². The number of hydrogen-bond acceptors (Lipinski definition) is 2. The van der Waals surface area contributed by atoms with Gasteiger partial charge in [0.05, 0.1) is 22.1 Å². The lowest BCUT2D eigenvalue weighted by molar-refractivity contribution is 0.434. The van der Waals surface area contributed by atoms with E-state index < -0.39 is 5.41 Å². The first-order chi connectivity index (χ1) is 22.8. The fourth-order valence-electron chi connectivity index (χ4n) is 8.05. The Morgan fingerprint density at radius 1 is 0.435 bits per heavy atom. The van der Waals surface area contributed by atoms with E-state index in [9.17, 15) is 0 Å². The van der Waals surface area contributed by atoms with Crippen molar-refractivity contribution in [3.8, 4) is 17.2 Å². The van der Waals surface area contributed by atoms with Crippen molar-refractivity contribution in [3.63, 3.8) is 0 Å². The van der Waals surface area contributed by atoms with Gasteiger partial charge in [-0.05, 0) is 71.8 Å². The molecule has 0 radical (unpaired) electrons. The first kappa shape index (κ1) is 25.3. The molecule has 0 aliphatic carbocycles. The number of anilines is 3. The van der Waals surface area contributed by atoms with E-state index in [2.05, 4.69) is 179 Å². The average molecular weight is 589 g/mol. The van der Waals surface area contributed by atoms with E-state index in [1.165, 1.54) is 38.6 Å². The molecule has 0 amide bonds. The van der Waals surface area contributed by atoms with Crippen molar-refractivity contribution in [2.24, 2.45) is 0 Å². The average Bonchev–Trinajstić information content (AvgIpc) is 3.47. The highest BCUT2D eigenvalue weighted by Crippen LogP contribution is 2.61. The molecule has 0 saturated heterocycles. The summed E-state index contributed by atoms with van der Waals surface area (Å²) in [5.41, 5.74) is 11.1. The van der Waals surface area contributed by atoms with E-state index in [0.717, 1.165) is 39.7 Å². The molecule has 46 heavy (non-hydrogen) atoms. The van der Waals surface area contributed by atoms with Crippen LogP contribution in [0.15, 0.2) is 170 Å². The molecule has 0 N–H and O–H groups in total. The lowest BCUT2D eigenvalue weighted by Crippen LogP contribution is -2.38. The Balaban J connectivity index is 1.36. The topological polar surface area (TPSA) is 17.4 Å². The zero-order valence-corrected chi connectivity index (χ0v) is 25.0. The van der Waals surface area contributed by atoms with Gasteiger partial charge in [-0.1, -0.05) is 109 Å². The fourth-order valence-corrected chi connectivity index (χ4v) is 8.05. The van der Waals surface area contributed by atoms with Crippen molar-refractivity contribution in [2.75, 3.05) is 4.90 Å². The largest absolute Gasteiger partial charge is 0.457 e. The van der Waals surface area contributed by atoms with Gasteiger partial charge in [-0.25, -0.2) is 0 Å². The lowest BCUT2D eigenvalue weighted by atomic mass is 9.61. The summed E-state index contributed by atoms with van der Waals surface area (Å²) in [7, 11) is 0. The van der Waals surface area contributed by atoms with Crippen LogP contribution in [0.2, 0.25) is 0 Å². The van der Waals surface area contributed by atoms with Crippen LogP contribution in [-0.2, 0) is 5.41 Å². The van der Waals surface area contributed by atoms with Crippen LogP contribution in [0.25, 0.3) is 27.5 Å². The van der Waals surface area contributed by atoms with Crippen LogP contribution in [0.5, 0.6) is 11.5 Å². The molecule has 0 fully saturated rings. The quantitative estimate of drug-likeness (QED) is 0.204. The molecule has 1 spiro atoms. The monoisotopic (exact) mass is 588 g/mol. The molecule has 1 atom stereocenters. The van der Waals surface area contributed by atoms with Gasteiger partial charge in [-0.2, -0.15) is 0 Å². The predicted octanol–water partition coefficient (Wildman–Crippen LogP) is 11.1. The Hall–Kier alpha value is -6.06. The van der Waals surface area contributed by atoms with Crippen LogP contribution in [0, 0.1) is 0 Å². The summed E-state index contributed by atoms with van der Waals surface area (Å²) in [5, 5.41) is 2.53. The molecule has 7 aromatic carbocycles. The number of para-hydroxylation sites is 6. The Bertz CT molecular complexity index is 2420. The summed E-state index contributed by atoms with van der Waals surface area (Å²) in [6, 6.07) is 61.1. The minimum atomic E-state index is -0.611. The van der Waals surface area contributed by atoms with Gasteiger partial charge in [-0.3, -0.25) is 0 Å². The first-order valence-corrected chi connectivity index (χ1v) is 15.8. The van der Waals surface area contributed by atoms with Gasteiger partial charge < -0.3 is 14.2 Å². The van der Waals surface area contributed by atoms with Crippen molar-refractivity contribution in [3.05, 3.63) is 192 Å². The number of fused-ring (bicyclic) bond motifs is 11. The van der Waals surface area contributed by atoms with Crippen molar-refractivity contribution < 1.29 is 4.74 Å². The molecule has 0 bridgehead atoms. The zero-order chi connectivity index (χ0) is 30.2. The third kappa shape index (κ3) is 3.26. The molecular weight excluding hydrogens is 560 g/mol. The maximum Gasteiger partial charge on any atom is 0.132 e.